The summed E-state index contributed by atoms with van der Waals surface area (Å²) >= 11 is 16.9. The molecule has 0 aromatic heterocycles. The monoisotopic (exact) mass is 510 g/mol. The predicted octanol–water partition coefficient (Wildman–Crippen LogP) is 4.08. The van der Waals surface area contributed by atoms with Crippen LogP contribution in [0.1, 0.15) is 37.6 Å². The molecule has 2 aromatic rings. The van der Waals surface area contributed by atoms with Gasteiger partial charge in [-0.1, -0.05) is 37.0 Å². The van der Waals surface area contributed by atoms with E-state index in [9.17, 15) is 14.4 Å². The maximum Gasteiger partial charge on any atom is 0.269 e. The van der Waals surface area contributed by atoms with Crippen molar-refractivity contribution in [2.24, 2.45) is 5.92 Å². The second-order valence-electron chi connectivity index (χ2n) is 7.46. The Kier molecular flexibility index (Phi) is 9.90. The Morgan fingerprint density at radius 1 is 1.00 bits per heavy atom. The number of halogens is 2. The number of ether oxygens (including phenoxy) is 1. The van der Waals surface area contributed by atoms with Crippen LogP contribution in [0, 0.1) is 5.92 Å². The fourth-order valence-corrected chi connectivity index (χ4v) is 3.14. The maximum absolute atomic E-state index is 12.3. The van der Waals surface area contributed by atoms with Gasteiger partial charge in [0.05, 0.1) is 5.02 Å². The highest BCUT2D eigenvalue weighted by molar-refractivity contribution is 7.80. The first kappa shape index (κ1) is 26.4. The van der Waals surface area contributed by atoms with Crippen molar-refractivity contribution in [3.05, 3.63) is 58.1 Å². The first-order valence-electron chi connectivity index (χ1n) is 9.98. The highest BCUT2D eigenvalue weighted by Crippen LogP contribution is 2.28. The molecule has 0 spiro atoms. The number of hydrazine groups is 1. The zero-order valence-electron chi connectivity index (χ0n) is 18.2. The van der Waals surface area contributed by atoms with Gasteiger partial charge >= 0.3 is 0 Å². The Bertz CT molecular complexity index is 1030. The molecule has 2 aromatic carbocycles. The minimum Gasteiger partial charge on any atom is -0.479 e. The number of carbonyl (C=O) groups excluding carboxylic acids is 3. The van der Waals surface area contributed by atoms with E-state index in [1.165, 1.54) is 13.0 Å². The average Bonchev–Trinajstić information content (AvgIpc) is 2.73. The molecule has 0 aliphatic rings. The molecule has 0 saturated heterocycles. The van der Waals surface area contributed by atoms with E-state index >= 15 is 0 Å². The summed E-state index contributed by atoms with van der Waals surface area (Å²) in [6, 6.07) is 11.0. The van der Waals surface area contributed by atoms with Gasteiger partial charge in [-0.3, -0.25) is 30.6 Å². The van der Waals surface area contributed by atoms with Gasteiger partial charge in [0.25, 0.3) is 11.8 Å². The second-order valence-corrected chi connectivity index (χ2v) is 8.71. The Balaban J connectivity index is 1.80. The lowest BCUT2D eigenvalue weighted by molar-refractivity contribution is -0.125. The largest absolute Gasteiger partial charge is 0.479 e. The van der Waals surface area contributed by atoms with Crippen molar-refractivity contribution in [1.29, 1.82) is 0 Å². The summed E-state index contributed by atoms with van der Waals surface area (Å²) in [4.78, 5) is 36.4. The third-order valence-electron chi connectivity index (χ3n) is 4.12. The standard InChI is InChI=1S/C22H24Cl2N4O4S/c1-12(2)10-19(29)25-16-7-4-14(5-8-16)21(31)27-28-22(33)26-20(30)13(3)32-18-9-6-15(23)11-17(18)24/h4-9,11-13H,10H2,1-3H3,(H,25,29)(H,27,31)(H2,26,28,30,33). The Morgan fingerprint density at radius 3 is 2.27 bits per heavy atom. The summed E-state index contributed by atoms with van der Waals surface area (Å²) in [5.74, 6) is -0.588. The van der Waals surface area contributed by atoms with Crippen LogP contribution in [0.15, 0.2) is 42.5 Å². The number of rotatable bonds is 7. The molecule has 4 N–H and O–H groups in total. The Labute approximate surface area is 207 Å². The van der Waals surface area contributed by atoms with Gasteiger partial charge in [0.15, 0.2) is 11.2 Å². The lowest BCUT2D eigenvalue weighted by Gasteiger charge is -2.17. The van der Waals surface area contributed by atoms with Gasteiger partial charge in [-0.2, -0.15) is 0 Å². The van der Waals surface area contributed by atoms with E-state index in [4.69, 9.17) is 40.2 Å². The van der Waals surface area contributed by atoms with Gasteiger partial charge in [-0.15, -0.1) is 0 Å². The molecule has 176 valence electrons. The molecule has 0 heterocycles. The third-order valence-corrected chi connectivity index (χ3v) is 4.85. The molecule has 0 saturated carbocycles. The van der Waals surface area contributed by atoms with E-state index in [0.717, 1.165) is 0 Å². The summed E-state index contributed by atoms with van der Waals surface area (Å²) in [7, 11) is 0. The topological polar surface area (TPSA) is 109 Å². The normalized spacial score (nSPS) is 11.3. The van der Waals surface area contributed by atoms with E-state index < -0.39 is 17.9 Å². The molecule has 0 bridgehead atoms. The highest BCUT2D eigenvalue weighted by atomic mass is 35.5. The Hall–Kier alpha value is -2.88. The molecule has 1 atom stereocenters. The van der Waals surface area contributed by atoms with Gasteiger partial charge in [0.2, 0.25) is 5.91 Å². The average molecular weight is 511 g/mol. The lowest BCUT2D eigenvalue weighted by Crippen LogP contribution is -2.51. The number of hydrogen-bond acceptors (Lipinski definition) is 5. The fourth-order valence-electron chi connectivity index (χ4n) is 2.53. The number of benzene rings is 2. The van der Waals surface area contributed by atoms with Crippen molar-refractivity contribution in [2.45, 2.75) is 33.3 Å². The molecular weight excluding hydrogens is 487 g/mol. The van der Waals surface area contributed by atoms with Crippen LogP contribution in [0.25, 0.3) is 0 Å². The van der Waals surface area contributed by atoms with Gasteiger partial charge in [-0.25, -0.2) is 0 Å². The van der Waals surface area contributed by atoms with Crippen molar-refractivity contribution < 1.29 is 19.1 Å². The van der Waals surface area contributed by atoms with E-state index in [2.05, 4.69) is 21.5 Å². The lowest BCUT2D eigenvalue weighted by atomic mass is 10.1. The van der Waals surface area contributed by atoms with E-state index in [1.807, 2.05) is 13.8 Å². The molecule has 1 unspecified atom stereocenters. The predicted molar refractivity (Wildman–Crippen MR) is 132 cm³/mol. The van der Waals surface area contributed by atoms with Gasteiger partial charge in [-0.05, 0) is 67.5 Å². The van der Waals surface area contributed by atoms with Gasteiger partial charge in [0.1, 0.15) is 5.75 Å². The van der Waals surface area contributed by atoms with Crippen LogP contribution in [0.4, 0.5) is 5.69 Å². The second kappa shape index (κ2) is 12.4. The molecule has 8 nitrogen and oxygen atoms in total. The minimum absolute atomic E-state index is 0.0958. The van der Waals surface area contributed by atoms with Crippen molar-refractivity contribution in [1.82, 2.24) is 16.2 Å². The van der Waals surface area contributed by atoms with Crippen LogP contribution in [-0.4, -0.2) is 28.9 Å². The van der Waals surface area contributed by atoms with Crippen LogP contribution in [0.3, 0.4) is 0 Å². The first-order valence-corrected chi connectivity index (χ1v) is 11.1. The smallest absolute Gasteiger partial charge is 0.269 e. The molecular formula is C22H24Cl2N4O4S. The Morgan fingerprint density at radius 2 is 1.67 bits per heavy atom. The summed E-state index contributed by atoms with van der Waals surface area (Å²) in [5.41, 5.74) is 5.75. The zero-order valence-corrected chi connectivity index (χ0v) is 20.5. The zero-order chi connectivity index (χ0) is 24.5. The molecule has 33 heavy (non-hydrogen) atoms. The van der Waals surface area contributed by atoms with Gasteiger partial charge < -0.3 is 10.1 Å². The van der Waals surface area contributed by atoms with Crippen molar-refractivity contribution >= 4 is 63.9 Å². The number of thiocarbonyl (C=S) groups is 1. The number of hydrogen-bond donors (Lipinski definition) is 4. The summed E-state index contributed by atoms with van der Waals surface area (Å²) in [5, 5.41) is 5.76. The molecule has 2 rings (SSSR count). The van der Waals surface area contributed by atoms with Crippen LogP contribution in [0.2, 0.25) is 10.0 Å². The van der Waals surface area contributed by atoms with Crippen molar-refractivity contribution in [2.75, 3.05) is 5.32 Å². The van der Waals surface area contributed by atoms with E-state index in [1.54, 1.807) is 36.4 Å². The van der Waals surface area contributed by atoms with Crippen LogP contribution in [-0.2, 0) is 9.59 Å². The SMILES string of the molecule is CC(C)CC(=O)Nc1ccc(C(=O)NNC(=S)NC(=O)C(C)Oc2ccc(Cl)cc2Cl)cc1. The molecule has 0 radical (unpaired) electrons. The third kappa shape index (κ3) is 8.88. The summed E-state index contributed by atoms with van der Waals surface area (Å²) < 4.78 is 5.51. The van der Waals surface area contributed by atoms with Gasteiger partial charge in [0, 0.05) is 22.7 Å². The highest BCUT2D eigenvalue weighted by Gasteiger charge is 2.18. The number of anilines is 1. The molecule has 0 fully saturated rings. The van der Waals surface area contributed by atoms with Crippen LogP contribution in [0.5, 0.6) is 5.75 Å². The van der Waals surface area contributed by atoms with Crippen LogP contribution >= 0.6 is 35.4 Å². The number of amides is 3. The first-order chi connectivity index (χ1) is 15.5. The quantitative estimate of drug-likeness (QED) is 0.330. The number of carbonyl (C=O) groups is 3. The van der Waals surface area contributed by atoms with Crippen molar-refractivity contribution in [3.63, 3.8) is 0 Å². The number of nitrogens with one attached hydrogen (secondary N) is 4. The summed E-state index contributed by atoms with van der Waals surface area (Å²) in [6.45, 7) is 5.43. The van der Waals surface area contributed by atoms with Crippen molar-refractivity contribution in [3.8, 4) is 5.75 Å². The molecule has 0 aliphatic heterocycles. The molecule has 11 heteroatoms. The minimum atomic E-state index is -0.919. The van der Waals surface area contributed by atoms with E-state index in [0.29, 0.717) is 28.4 Å². The molecule has 3 amide bonds. The fraction of sp³-hybridized carbons (Fsp3) is 0.273. The van der Waals surface area contributed by atoms with E-state index in [-0.39, 0.29) is 22.0 Å². The summed E-state index contributed by atoms with van der Waals surface area (Å²) in [6.07, 6.45) is -0.510. The molecule has 0 aliphatic carbocycles. The van der Waals surface area contributed by atoms with Crippen LogP contribution < -0.4 is 26.2 Å². The maximum atomic E-state index is 12.3.